The summed E-state index contributed by atoms with van der Waals surface area (Å²) in [5, 5.41) is 0. The van der Waals surface area contributed by atoms with Crippen molar-refractivity contribution in [2.45, 2.75) is 38.9 Å². The van der Waals surface area contributed by atoms with Crippen molar-refractivity contribution in [2.75, 3.05) is 0 Å². The van der Waals surface area contributed by atoms with E-state index in [1.165, 1.54) is 0 Å². The molecule has 0 saturated carbocycles. The smallest absolute Gasteiger partial charge is 0.144 e. The fourth-order valence-corrected chi connectivity index (χ4v) is 3.64. The quantitative estimate of drug-likeness (QED) is 0.449. The number of hydrogen-bond acceptors (Lipinski definition) is 1. The summed E-state index contributed by atoms with van der Waals surface area (Å²) in [6.07, 6.45) is 1.14. The molecule has 3 aromatic rings. The van der Waals surface area contributed by atoms with E-state index in [1.807, 2.05) is 0 Å². The lowest BCUT2D eigenvalue weighted by Gasteiger charge is -2.40. The second-order valence-electron chi connectivity index (χ2n) is 7.09. The van der Waals surface area contributed by atoms with Gasteiger partial charge in [-0.3, -0.25) is 0 Å². The van der Waals surface area contributed by atoms with Crippen molar-refractivity contribution in [1.82, 2.24) is 0 Å². The normalized spacial score (nSPS) is 12.9. The van der Waals surface area contributed by atoms with Crippen LogP contribution in [0.3, 0.4) is 0 Å². The standard InChI is InChI=1S/C25H28O/c1-4-24(20(2)3)26-25(21-14-8-5-9-15-21,22-16-10-6-11-17-22)23-18-12-7-13-19-23/h5-20,24H,4H2,1-3H3. The lowest BCUT2D eigenvalue weighted by atomic mass is 9.79. The van der Waals surface area contributed by atoms with Gasteiger partial charge in [-0.05, 0) is 29.0 Å². The van der Waals surface area contributed by atoms with Crippen molar-refractivity contribution in [3.63, 3.8) is 0 Å². The van der Waals surface area contributed by atoms with Gasteiger partial charge in [0.05, 0.1) is 6.10 Å². The molecule has 134 valence electrons. The van der Waals surface area contributed by atoms with Gasteiger partial charge in [0.1, 0.15) is 5.60 Å². The molecule has 0 radical (unpaired) electrons. The Morgan fingerprint density at radius 1 is 0.654 bits per heavy atom. The first-order valence-corrected chi connectivity index (χ1v) is 9.53. The second kappa shape index (κ2) is 8.33. The molecule has 1 heteroatoms. The highest BCUT2D eigenvalue weighted by Gasteiger charge is 2.39. The zero-order valence-corrected chi connectivity index (χ0v) is 15.9. The molecule has 26 heavy (non-hydrogen) atoms. The molecule has 3 aromatic carbocycles. The molecular formula is C25H28O. The highest BCUT2D eigenvalue weighted by atomic mass is 16.5. The Balaban J connectivity index is 2.28. The molecule has 3 rings (SSSR count). The van der Waals surface area contributed by atoms with Crippen molar-refractivity contribution in [3.05, 3.63) is 108 Å². The Bertz CT molecular complexity index is 681. The van der Waals surface area contributed by atoms with Gasteiger partial charge in [-0.25, -0.2) is 0 Å². The van der Waals surface area contributed by atoms with E-state index in [2.05, 4.69) is 112 Å². The molecule has 0 amide bonds. The van der Waals surface area contributed by atoms with Crippen LogP contribution in [0.4, 0.5) is 0 Å². The minimum atomic E-state index is -0.616. The van der Waals surface area contributed by atoms with Crippen molar-refractivity contribution in [2.24, 2.45) is 5.92 Å². The summed E-state index contributed by atoms with van der Waals surface area (Å²) in [7, 11) is 0. The molecule has 0 N–H and O–H groups in total. The molecule has 0 bridgehead atoms. The van der Waals surface area contributed by atoms with E-state index in [-0.39, 0.29) is 6.10 Å². The van der Waals surface area contributed by atoms with Gasteiger partial charge in [0.15, 0.2) is 0 Å². The fraction of sp³-hybridized carbons (Fsp3) is 0.280. The molecule has 0 spiro atoms. The van der Waals surface area contributed by atoms with Crippen LogP contribution < -0.4 is 0 Å². The van der Waals surface area contributed by atoms with Gasteiger partial charge in [0.2, 0.25) is 0 Å². The molecule has 0 aromatic heterocycles. The van der Waals surface area contributed by atoms with Crippen LogP contribution in [0.25, 0.3) is 0 Å². The predicted octanol–water partition coefficient (Wildman–Crippen LogP) is 6.43. The van der Waals surface area contributed by atoms with E-state index in [9.17, 15) is 0 Å². The van der Waals surface area contributed by atoms with Crippen LogP contribution in [-0.4, -0.2) is 6.10 Å². The summed E-state index contributed by atoms with van der Waals surface area (Å²) in [5.41, 5.74) is 2.87. The van der Waals surface area contributed by atoms with Crippen molar-refractivity contribution >= 4 is 0 Å². The largest absolute Gasteiger partial charge is 0.357 e. The summed E-state index contributed by atoms with van der Waals surface area (Å²) >= 11 is 0. The van der Waals surface area contributed by atoms with E-state index in [4.69, 9.17) is 4.74 Å². The van der Waals surface area contributed by atoms with Crippen LogP contribution in [-0.2, 0) is 10.3 Å². The number of ether oxygens (including phenoxy) is 1. The third-order valence-corrected chi connectivity index (χ3v) is 5.02. The molecule has 0 saturated heterocycles. The third kappa shape index (κ3) is 3.59. The SMILES string of the molecule is CCC(OC(c1ccccc1)(c1ccccc1)c1ccccc1)C(C)C. The van der Waals surface area contributed by atoms with Crippen molar-refractivity contribution in [3.8, 4) is 0 Å². The van der Waals surface area contributed by atoms with Crippen molar-refractivity contribution in [1.29, 1.82) is 0 Å². The first-order valence-electron chi connectivity index (χ1n) is 9.53. The molecule has 0 aliphatic rings. The Morgan fingerprint density at radius 3 is 1.27 bits per heavy atom. The molecule has 0 aliphatic carbocycles. The molecule has 1 nitrogen and oxygen atoms in total. The lowest BCUT2D eigenvalue weighted by Crippen LogP contribution is -2.38. The van der Waals surface area contributed by atoms with Gasteiger partial charge in [0, 0.05) is 0 Å². The molecule has 0 aliphatic heterocycles. The Kier molecular flexibility index (Phi) is 5.90. The summed E-state index contributed by atoms with van der Waals surface area (Å²) in [5.74, 6) is 0.440. The topological polar surface area (TPSA) is 9.23 Å². The third-order valence-electron chi connectivity index (χ3n) is 5.02. The van der Waals surface area contributed by atoms with E-state index < -0.39 is 5.60 Å². The molecule has 1 unspecified atom stereocenters. The maximum absolute atomic E-state index is 7.01. The Hall–Kier alpha value is -2.38. The van der Waals surface area contributed by atoms with Crippen molar-refractivity contribution < 1.29 is 4.74 Å². The van der Waals surface area contributed by atoms with E-state index in [0.29, 0.717) is 5.92 Å². The maximum atomic E-state index is 7.01. The van der Waals surface area contributed by atoms with Gasteiger partial charge in [-0.15, -0.1) is 0 Å². The van der Waals surface area contributed by atoms with Crippen LogP contribution in [0.2, 0.25) is 0 Å². The minimum absolute atomic E-state index is 0.163. The average molecular weight is 344 g/mol. The first-order chi connectivity index (χ1) is 12.7. The van der Waals surface area contributed by atoms with Crippen LogP contribution >= 0.6 is 0 Å². The van der Waals surface area contributed by atoms with E-state index in [0.717, 1.165) is 23.1 Å². The highest BCUT2D eigenvalue weighted by Crippen LogP contribution is 2.42. The summed E-state index contributed by atoms with van der Waals surface area (Å²) in [6, 6.07) is 31.8. The first kappa shape index (κ1) is 18.4. The Morgan fingerprint density at radius 2 is 1.00 bits per heavy atom. The zero-order chi connectivity index (χ0) is 18.4. The predicted molar refractivity (Wildman–Crippen MR) is 109 cm³/mol. The fourth-order valence-electron chi connectivity index (χ4n) is 3.64. The van der Waals surface area contributed by atoms with E-state index >= 15 is 0 Å². The zero-order valence-electron chi connectivity index (χ0n) is 15.9. The molecule has 0 heterocycles. The monoisotopic (exact) mass is 344 g/mol. The minimum Gasteiger partial charge on any atom is -0.357 e. The van der Waals surface area contributed by atoms with Crippen LogP contribution in [0, 0.1) is 5.92 Å². The van der Waals surface area contributed by atoms with Gasteiger partial charge in [0.25, 0.3) is 0 Å². The summed E-state index contributed by atoms with van der Waals surface area (Å²) in [4.78, 5) is 0. The number of rotatable bonds is 7. The van der Waals surface area contributed by atoms with Crippen LogP contribution in [0.5, 0.6) is 0 Å². The summed E-state index contributed by atoms with van der Waals surface area (Å²) < 4.78 is 7.01. The lowest BCUT2D eigenvalue weighted by molar-refractivity contribution is -0.0695. The van der Waals surface area contributed by atoms with Crippen LogP contribution in [0.1, 0.15) is 43.9 Å². The number of hydrogen-bond donors (Lipinski definition) is 0. The molecule has 0 fully saturated rings. The van der Waals surface area contributed by atoms with E-state index in [1.54, 1.807) is 0 Å². The van der Waals surface area contributed by atoms with Gasteiger partial charge >= 0.3 is 0 Å². The highest BCUT2D eigenvalue weighted by molar-refractivity contribution is 5.47. The molecular weight excluding hydrogens is 316 g/mol. The second-order valence-corrected chi connectivity index (χ2v) is 7.09. The van der Waals surface area contributed by atoms with Gasteiger partial charge in [-0.2, -0.15) is 0 Å². The molecule has 1 atom stereocenters. The average Bonchev–Trinajstić information content (AvgIpc) is 2.71. The van der Waals surface area contributed by atoms with Crippen LogP contribution in [0.15, 0.2) is 91.0 Å². The Labute approximate surface area is 157 Å². The van der Waals surface area contributed by atoms with Gasteiger partial charge < -0.3 is 4.74 Å². The maximum Gasteiger partial charge on any atom is 0.144 e. The van der Waals surface area contributed by atoms with Gasteiger partial charge in [-0.1, -0.05) is 112 Å². The summed E-state index contributed by atoms with van der Waals surface area (Å²) in [6.45, 7) is 6.68. The number of benzene rings is 3.